The lowest BCUT2D eigenvalue weighted by atomic mass is 9.82. The number of carbonyl (C=O) groups is 1. The molecule has 1 aromatic carbocycles. The van der Waals surface area contributed by atoms with E-state index in [2.05, 4.69) is 17.4 Å². The first kappa shape index (κ1) is 12.0. The minimum atomic E-state index is -0.0140. The average Bonchev–Trinajstić information content (AvgIpc) is 2.97. The van der Waals surface area contributed by atoms with Gasteiger partial charge in [0.05, 0.1) is 18.7 Å². The van der Waals surface area contributed by atoms with E-state index >= 15 is 0 Å². The van der Waals surface area contributed by atoms with Gasteiger partial charge >= 0.3 is 0 Å². The van der Waals surface area contributed by atoms with Crippen molar-refractivity contribution in [1.82, 2.24) is 5.32 Å². The summed E-state index contributed by atoms with van der Waals surface area (Å²) in [6.45, 7) is 0.463. The van der Waals surface area contributed by atoms with Crippen LogP contribution in [-0.2, 0) is 17.8 Å². The Bertz CT molecular complexity index is 560. The summed E-state index contributed by atoms with van der Waals surface area (Å²) >= 11 is 0. The fourth-order valence-corrected chi connectivity index (χ4v) is 2.74. The Morgan fingerprint density at radius 2 is 2.16 bits per heavy atom. The van der Waals surface area contributed by atoms with E-state index in [9.17, 15) is 4.79 Å². The van der Waals surface area contributed by atoms with Gasteiger partial charge in [-0.05, 0) is 42.5 Å². The summed E-state index contributed by atoms with van der Waals surface area (Å²) in [5.74, 6) is 0.876. The van der Waals surface area contributed by atoms with Gasteiger partial charge in [-0.1, -0.05) is 24.3 Å². The Morgan fingerprint density at radius 3 is 3.00 bits per heavy atom. The summed E-state index contributed by atoms with van der Waals surface area (Å²) in [6, 6.07) is 12.0. The molecular weight excluding hydrogens is 238 g/mol. The zero-order chi connectivity index (χ0) is 13.1. The van der Waals surface area contributed by atoms with Crippen LogP contribution < -0.4 is 5.32 Å². The van der Waals surface area contributed by atoms with Crippen molar-refractivity contribution in [3.05, 3.63) is 59.5 Å². The third-order valence-electron chi connectivity index (χ3n) is 3.70. The molecule has 1 aromatic heterocycles. The Balaban J connectivity index is 1.71. The fraction of sp³-hybridized carbons (Fsp3) is 0.312. The number of fused-ring (bicyclic) bond motifs is 1. The van der Waals surface area contributed by atoms with Gasteiger partial charge in [0, 0.05) is 0 Å². The van der Waals surface area contributed by atoms with E-state index in [1.54, 1.807) is 6.26 Å². The monoisotopic (exact) mass is 255 g/mol. The second kappa shape index (κ2) is 5.31. The number of furan rings is 1. The van der Waals surface area contributed by atoms with Gasteiger partial charge in [-0.2, -0.15) is 0 Å². The second-order valence-electron chi connectivity index (χ2n) is 4.94. The molecule has 0 saturated heterocycles. The van der Waals surface area contributed by atoms with Crippen molar-refractivity contribution < 1.29 is 9.21 Å². The zero-order valence-electron chi connectivity index (χ0n) is 10.8. The number of hydrogen-bond acceptors (Lipinski definition) is 2. The van der Waals surface area contributed by atoms with E-state index in [1.807, 2.05) is 24.3 Å². The largest absolute Gasteiger partial charge is 0.467 e. The maximum absolute atomic E-state index is 12.3. The maximum Gasteiger partial charge on any atom is 0.227 e. The molecule has 1 unspecified atom stereocenters. The number of hydrogen-bond donors (Lipinski definition) is 1. The smallest absolute Gasteiger partial charge is 0.227 e. The van der Waals surface area contributed by atoms with Crippen LogP contribution in [0.2, 0.25) is 0 Å². The highest BCUT2D eigenvalue weighted by Gasteiger charge is 2.25. The van der Waals surface area contributed by atoms with Gasteiger partial charge < -0.3 is 9.73 Å². The topological polar surface area (TPSA) is 42.2 Å². The first-order chi connectivity index (χ1) is 9.34. The Labute approximate surface area is 112 Å². The van der Waals surface area contributed by atoms with E-state index < -0.39 is 0 Å². The molecule has 1 aliphatic carbocycles. The van der Waals surface area contributed by atoms with Crippen molar-refractivity contribution in [2.45, 2.75) is 31.7 Å². The van der Waals surface area contributed by atoms with Gasteiger partial charge in [-0.25, -0.2) is 0 Å². The normalized spacial score (nSPS) is 17.8. The molecule has 0 radical (unpaired) electrons. The highest BCUT2D eigenvalue weighted by Crippen LogP contribution is 2.31. The lowest BCUT2D eigenvalue weighted by Gasteiger charge is -2.24. The highest BCUT2D eigenvalue weighted by molar-refractivity contribution is 5.84. The molecule has 3 heteroatoms. The molecule has 1 heterocycles. The number of amides is 1. The number of rotatable bonds is 3. The fourth-order valence-electron chi connectivity index (χ4n) is 2.74. The SMILES string of the molecule is O=C(NCc1ccco1)C1CCCc2ccccc21. The van der Waals surface area contributed by atoms with Crippen LogP contribution in [0.25, 0.3) is 0 Å². The molecule has 0 aliphatic heterocycles. The van der Waals surface area contributed by atoms with E-state index in [4.69, 9.17) is 4.42 Å². The molecule has 1 atom stereocenters. The highest BCUT2D eigenvalue weighted by atomic mass is 16.3. The molecule has 0 spiro atoms. The molecule has 3 nitrogen and oxygen atoms in total. The number of nitrogens with one attached hydrogen (secondary N) is 1. The quantitative estimate of drug-likeness (QED) is 0.916. The van der Waals surface area contributed by atoms with Crippen LogP contribution in [0, 0.1) is 0 Å². The number of carbonyl (C=O) groups excluding carboxylic acids is 1. The summed E-state index contributed by atoms with van der Waals surface area (Å²) in [4.78, 5) is 12.3. The molecule has 2 aromatic rings. The van der Waals surface area contributed by atoms with Crippen LogP contribution in [0.15, 0.2) is 47.1 Å². The summed E-state index contributed by atoms with van der Waals surface area (Å²) in [5, 5.41) is 2.96. The van der Waals surface area contributed by atoms with Crippen LogP contribution in [0.4, 0.5) is 0 Å². The van der Waals surface area contributed by atoms with Crippen LogP contribution >= 0.6 is 0 Å². The van der Waals surface area contributed by atoms with Gasteiger partial charge in [-0.3, -0.25) is 4.79 Å². The molecule has 0 bridgehead atoms. The molecule has 0 fully saturated rings. The number of benzene rings is 1. The van der Waals surface area contributed by atoms with Crippen molar-refractivity contribution in [3.8, 4) is 0 Å². The predicted octanol–water partition coefficient (Wildman–Crippen LogP) is 3.02. The first-order valence-electron chi connectivity index (χ1n) is 6.72. The van der Waals surface area contributed by atoms with Crippen LogP contribution in [0.1, 0.15) is 35.6 Å². The summed E-state index contributed by atoms with van der Waals surface area (Å²) in [5.41, 5.74) is 2.50. The summed E-state index contributed by atoms with van der Waals surface area (Å²) in [6.07, 6.45) is 4.71. The van der Waals surface area contributed by atoms with Crippen LogP contribution in [0.3, 0.4) is 0 Å². The Kier molecular flexibility index (Phi) is 3.36. The molecule has 1 N–H and O–H groups in total. The molecule has 1 aliphatic rings. The Hall–Kier alpha value is -2.03. The molecular formula is C16H17NO2. The van der Waals surface area contributed by atoms with E-state index in [0.29, 0.717) is 6.54 Å². The number of aryl methyl sites for hydroxylation is 1. The van der Waals surface area contributed by atoms with Gasteiger partial charge in [0.15, 0.2) is 0 Å². The van der Waals surface area contributed by atoms with Gasteiger partial charge in [-0.15, -0.1) is 0 Å². The lowest BCUT2D eigenvalue weighted by molar-refractivity contribution is -0.123. The third-order valence-corrected chi connectivity index (χ3v) is 3.70. The van der Waals surface area contributed by atoms with Crippen molar-refractivity contribution in [2.24, 2.45) is 0 Å². The van der Waals surface area contributed by atoms with Crippen molar-refractivity contribution in [1.29, 1.82) is 0 Å². The van der Waals surface area contributed by atoms with Crippen LogP contribution in [0.5, 0.6) is 0 Å². The van der Waals surface area contributed by atoms with E-state index in [0.717, 1.165) is 25.0 Å². The minimum absolute atomic E-state index is 0.0140. The van der Waals surface area contributed by atoms with E-state index in [-0.39, 0.29) is 11.8 Å². The molecule has 3 rings (SSSR count). The minimum Gasteiger partial charge on any atom is -0.467 e. The second-order valence-corrected chi connectivity index (χ2v) is 4.94. The summed E-state index contributed by atoms with van der Waals surface area (Å²) in [7, 11) is 0. The predicted molar refractivity (Wildman–Crippen MR) is 72.7 cm³/mol. The van der Waals surface area contributed by atoms with Crippen molar-refractivity contribution in [2.75, 3.05) is 0 Å². The maximum atomic E-state index is 12.3. The lowest BCUT2D eigenvalue weighted by Crippen LogP contribution is -2.30. The molecule has 19 heavy (non-hydrogen) atoms. The Morgan fingerprint density at radius 1 is 1.26 bits per heavy atom. The van der Waals surface area contributed by atoms with Gasteiger partial charge in [0.2, 0.25) is 5.91 Å². The zero-order valence-corrected chi connectivity index (χ0v) is 10.8. The van der Waals surface area contributed by atoms with E-state index in [1.165, 1.54) is 11.1 Å². The summed E-state index contributed by atoms with van der Waals surface area (Å²) < 4.78 is 5.23. The average molecular weight is 255 g/mol. The third kappa shape index (κ3) is 2.55. The molecule has 1 amide bonds. The van der Waals surface area contributed by atoms with Gasteiger partial charge in [0.1, 0.15) is 5.76 Å². The molecule has 98 valence electrons. The van der Waals surface area contributed by atoms with Crippen molar-refractivity contribution >= 4 is 5.91 Å². The first-order valence-corrected chi connectivity index (χ1v) is 6.72. The standard InChI is InChI=1S/C16H17NO2/c18-16(17-11-13-7-4-10-19-13)15-9-3-6-12-5-1-2-8-14(12)15/h1-2,4-5,7-8,10,15H,3,6,9,11H2,(H,17,18). The van der Waals surface area contributed by atoms with Gasteiger partial charge in [0.25, 0.3) is 0 Å². The van der Waals surface area contributed by atoms with Crippen LogP contribution in [-0.4, -0.2) is 5.91 Å². The van der Waals surface area contributed by atoms with Crippen molar-refractivity contribution in [3.63, 3.8) is 0 Å². The molecule has 0 saturated carbocycles.